The van der Waals surface area contributed by atoms with Crippen molar-refractivity contribution in [1.29, 1.82) is 0 Å². The monoisotopic (exact) mass is 371 g/mol. The highest BCUT2D eigenvalue weighted by Crippen LogP contribution is 2.44. The standard InChI is InChI=1S/C26H29NO/c1-3-4-5-10-19-28-21-17-15-20(16-18-21)26-22-11-6-8-13-24(22)27(2)25-14-9-7-12-23(25)26/h6-9,11,13-18H,3-5,10,12,19H2,1-2H3. The maximum absolute atomic E-state index is 5.94. The molecule has 2 aromatic rings. The Labute approximate surface area is 168 Å². The summed E-state index contributed by atoms with van der Waals surface area (Å²) in [4.78, 5) is 2.31. The number of unbranched alkanes of at least 4 members (excludes halogenated alkanes) is 3. The topological polar surface area (TPSA) is 12.5 Å². The predicted octanol–water partition coefficient (Wildman–Crippen LogP) is 6.74. The van der Waals surface area contributed by atoms with Crippen LogP contribution in [0.5, 0.6) is 5.75 Å². The molecule has 2 heteroatoms. The van der Waals surface area contributed by atoms with Crippen molar-refractivity contribution in [2.24, 2.45) is 0 Å². The van der Waals surface area contributed by atoms with Crippen molar-refractivity contribution in [2.45, 2.75) is 39.0 Å². The maximum Gasteiger partial charge on any atom is 0.119 e. The molecule has 4 rings (SSSR count). The van der Waals surface area contributed by atoms with Crippen LogP contribution in [0.3, 0.4) is 0 Å². The molecular weight excluding hydrogens is 342 g/mol. The summed E-state index contributed by atoms with van der Waals surface area (Å²) < 4.78 is 5.94. The molecule has 2 aromatic carbocycles. The largest absolute Gasteiger partial charge is 0.494 e. The molecule has 2 aliphatic rings. The van der Waals surface area contributed by atoms with Crippen molar-refractivity contribution in [3.8, 4) is 5.75 Å². The van der Waals surface area contributed by atoms with Crippen molar-refractivity contribution < 1.29 is 4.74 Å². The number of fused-ring (bicyclic) bond motifs is 2. The van der Waals surface area contributed by atoms with Crippen molar-refractivity contribution >= 4 is 11.3 Å². The predicted molar refractivity (Wildman–Crippen MR) is 119 cm³/mol. The lowest BCUT2D eigenvalue weighted by atomic mass is 9.84. The minimum absolute atomic E-state index is 0.804. The molecule has 0 N–H and O–H groups in total. The Morgan fingerprint density at radius 3 is 2.61 bits per heavy atom. The number of allylic oxidation sites excluding steroid dienone is 4. The molecule has 2 nitrogen and oxygen atoms in total. The van der Waals surface area contributed by atoms with E-state index < -0.39 is 0 Å². The molecule has 0 spiro atoms. The Hall–Kier alpha value is -2.74. The summed E-state index contributed by atoms with van der Waals surface area (Å²) in [7, 11) is 2.16. The number of anilines is 1. The van der Waals surface area contributed by atoms with Gasteiger partial charge in [0.2, 0.25) is 0 Å². The van der Waals surface area contributed by atoms with Gasteiger partial charge in [-0.25, -0.2) is 0 Å². The second-order valence-corrected chi connectivity index (χ2v) is 7.55. The molecule has 0 radical (unpaired) electrons. The van der Waals surface area contributed by atoms with E-state index in [1.165, 1.54) is 52.9 Å². The molecule has 1 heterocycles. The fourth-order valence-electron chi connectivity index (χ4n) is 4.13. The Morgan fingerprint density at radius 1 is 0.964 bits per heavy atom. The van der Waals surface area contributed by atoms with E-state index in [9.17, 15) is 0 Å². The summed E-state index contributed by atoms with van der Waals surface area (Å²) in [5, 5.41) is 0. The molecule has 0 saturated heterocycles. The Morgan fingerprint density at radius 2 is 1.79 bits per heavy atom. The first-order valence-corrected chi connectivity index (χ1v) is 10.5. The zero-order valence-electron chi connectivity index (χ0n) is 16.9. The third kappa shape index (κ3) is 3.64. The summed E-state index contributed by atoms with van der Waals surface area (Å²) >= 11 is 0. The average molecular weight is 372 g/mol. The molecule has 0 aromatic heterocycles. The Balaban J connectivity index is 1.62. The van der Waals surface area contributed by atoms with Gasteiger partial charge in [-0.2, -0.15) is 0 Å². The lowest BCUT2D eigenvalue weighted by Gasteiger charge is -2.35. The van der Waals surface area contributed by atoms with Crippen LogP contribution in [0.2, 0.25) is 0 Å². The molecule has 28 heavy (non-hydrogen) atoms. The second-order valence-electron chi connectivity index (χ2n) is 7.55. The van der Waals surface area contributed by atoms with Gasteiger partial charge in [-0.1, -0.05) is 68.7 Å². The minimum Gasteiger partial charge on any atom is -0.494 e. The fourth-order valence-corrected chi connectivity index (χ4v) is 4.13. The van der Waals surface area contributed by atoms with Gasteiger partial charge >= 0.3 is 0 Å². The first-order chi connectivity index (χ1) is 13.8. The highest BCUT2D eigenvalue weighted by molar-refractivity contribution is 5.95. The number of para-hydroxylation sites is 1. The van der Waals surface area contributed by atoms with Crippen molar-refractivity contribution in [3.63, 3.8) is 0 Å². The number of nitrogens with zero attached hydrogens (tertiary/aromatic N) is 1. The molecule has 144 valence electrons. The average Bonchev–Trinajstić information content (AvgIpc) is 2.75. The second kappa shape index (κ2) is 8.52. The molecule has 0 amide bonds. The molecular formula is C26H29NO. The number of rotatable bonds is 7. The van der Waals surface area contributed by atoms with Crippen molar-refractivity contribution in [3.05, 3.63) is 89.2 Å². The number of ether oxygens (including phenoxy) is 1. The highest BCUT2D eigenvalue weighted by atomic mass is 16.5. The fraction of sp³-hybridized carbons (Fsp3) is 0.308. The van der Waals surface area contributed by atoms with E-state index in [1.54, 1.807) is 0 Å². The molecule has 1 aliphatic carbocycles. The number of benzene rings is 2. The van der Waals surface area contributed by atoms with Crippen LogP contribution in [-0.4, -0.2) is 13.7 Å². The molecule has 0 bridgehead atoms. The zero-order chi connectivity index (χ0) is 19.3. The first kappa shape index (κ1) is 18.6. The van der Waals surface area contributed by atoms with E-state index in [2.05, 4.69) is 85.6 Å². The zero-order valence-corrected chi connectivity index (χ0v) is 16.9. The van der Waals surface area contributed by atoms with Gasteiger partial charge in [0.15, 0.2) is 0 Å². The van der Waals surface area contributed by atoms with Gasteiger partial charge in [0, 0.05) is 24.0 Å². The van der Waals surface area contributed by atoms with Crippen LogP contribution in [-0.2, 0) is 0 Å². The van der Waals surface area contributed by atoms with E-state index in [1.807, 2.05) is 0 Å². The maximum atomic E-state index is 5.94. The lowest BCUT2D eigenvalue weighted by molar-refractivity contribution is 0.305. The SMILES string of the molecule is CCCCCCOc1ccc(C2=C3CC=CC=C3N(C)c3ccccc32)cc1. The Bertz CT molecular complexity index is 918. The summed E-state index contributed by atoms with van der Waals surface area (Å²) in [6.07, 6.45) is 12.5. The van der Waals surface area contributed by atoms with E-state index >= 15 is 0 Å². The van der Waals surface area contributed by atoms with Crippen LogP contribution in [0, 0.1) is 0 Å². The normalized spacial score (nSPS) is 15.2. The highest BCUT2D eigenvalue weighted by Gasteiger charge is 2.27. The van der Waals surface area contributed by atoms with E-state index in [4.69, 9.17) is 4.74 Å². The summed E-state index contributed by atoms with van der Waals surface area (Å²) in [5.74, 6) is 0.964. The van der Waals surface area contributed by atoms with Crippen LogP contribution in [0.15, 0.2) is 78.0 Å². The van der Waals surface area contributed by atoms with E-state index in [0.29, 0.717) is 0 Å². The summed E-state index contributed by atoms with van der Waals surface area (Å²) in [6.45, 7) is 3.04. The van der Waals surface area contributed by atoms with Gasteiger partial charge in [-0.3, -0.25) is 0 Å². The quantitative estimate of drug-likeness (QED) is 0.500. The summed E-state index contributed by atoms with van der Waals surface area (Å²) in [5.41, 5.74) is 7.87. The van der Waals surface area contributed by atoms with Gasteiger partial charge in [-0.15, -0.1) is 0 Å². The van der Waals surface area contributed by atoms with Crippen molar-refractivity contribution in [1.82, 2.24) is 0 Å². The molecule has 1 aliphatic heterocycles. The third-order valence-electron chi connectivity index (χ3n) is 5.63. The third-order valence-corrected chi connectivity index (χ3v) is 5.63. The van der Waals surface area contributed by atoms with Crippen LogP contribution in [0.4, 0.5) is 5.69 Å². The molecule has 0 unspecified atom stereocenters. The number of hydrogen-bond acceptors (Lipinski definition) is 2. The van der Waals surface area contributed by atoms with Gasteiger partial charge in [-0.05, 0) is 53.8 Å². The van der Waals surface area contributed by atoms with Crippen LogP contribution in [0.1, 0.15) is 50.2 Å². The summed E-state index contributed by atoms with van der Waals surface area (Å²) in [6, 6.07) is 17.3. The van der Waals surface area contributed by atoms with Gasteiger partial charge in [0.05, 0.1) is 6.61 Å². The smallest absolute Gasteiger partial charge is 0.119 e. The van der Waals surface area contributed by atoms with Crippen LogP contribution >= 0.6 is 0 Å². The lowest BCUT2D eigenvalue weighted by Crippen LogP contribution is -2.24. The Kier molecular flexibility index (Phi) is 5.66. The van der Waals surface area contributed by atoms with Crippen LogP contribution in [0.25, 0.3) is 5.57 Å². The van der Waals surface area contributed by atoms with E-state index in [-0.39, 0.29) is 0 Å². The van der Waals surface area contributed by atoms with Crippen LogP contribution < -0.4 is 9.64 Å². The molecule has 0 fully saturated rings. The van der Waals surface area contributed by atoms with E-state index in [0.717, 1.165) is 25.2 Å². The number of likely N-dealkylation sites (N-methyl/N-ethyl adjacent to an activating group) is 1. The van der Waals surface area contributed by atoms with Gasteiger partial charge in [0.25, 0.3) is 0 Å². The van der Waals surface area contributed by atoms with Gasteiger partial charge < -0.3 is 9.64 Å². The van der Waals surface area contributed by atoms with Gasteiger partial charge in [0.1, 0.15) is 5.75 Å². The minimum atomic E-state index is 0.804. The number of hydrogen-bond donors (Lipinski definition) is 0. The molecule has 0 saturated carbocycles. The molecule has 0 atom stereocenters. The van der Waals surface area contributed by atoms with Crippen molar-refractivity contribution in [2.75, 3.05) is 18.6 Å². The first-order valence-electron chi connectivity index (χ1n) is 10.5.